The third-order valence-corrected chi connectivity index (χ3v) is 5.78. The minimum absolute atomic E-state index is 0.191. The van der Waals surface area contributed by atoms with E-state index in [1.54, 1.807) is 7.05 Å². The first kappa shape index (κ1) is 18.2. The Morgan fingerprint density at radius 1 is 1.28 bits per heavy atom. The number of carbonyl (C=O) groups excluding carboxylic acids is 1. The van der Waals surface area contributed by atoms with Crippen LogP contribution in [-0.4, -0.2) is 56.5 Å². The van der Waals surface area contributed by atoms with Crippen molar-refractivity contribution >= 4 is 23.2 Å². The lowest BCUT2D eigenvalue weighted by molar-refractivity contribution is -0.122. The standard InChI is InChI=1S/C18H29N5OS/c1-19-18(21-9-8-20-17(24)14-6-7-14)22-13-15(16-5-4-12-25-16)23-10-2-3-11-23/h4-5,12,14-15H,2-3,6-11,13H2,1H3,(H,20,24)(H2,19,21,22). The van der Waals surface area contributed by atoms with Crippen molar-refractivity contribution in [2.75, 3.05) is 39.8 Å². The molecule has 1 aliphatic heterocycles. The quantitative estimate of drug-likeness (QED) is 0.373. The minimum atomic E-state index is 0.191. The summed E-state index contributed by atoms with van der Waals surface area (Å²) in [5.41, 5.74) is 0. The summed E-state index contributed by atoms with van der Waals surface area (Å²) >= 11 is 1.82. The van der Waals surface area contributed by atoms with Gasteiger partial charge in [-0.15, -0.1) is 11.3 Å². The summed E-state index contributed by atoms with van der Waals surface area (Å²) < 4.78 is 0. The van der Waals surface area contributed by atoms with Gasteiger partial charge in [-0.3, -0.25) is 14.7 Å². The second-order valence-corrected chi connectivity index (χ2v) is 7.70. The molecule has 2 fully saturated rings. The van der Waals surface area contributed by atoms with Crippen LogP contribution in [0, 0.1) is 5.92 Å². The zero-order chi connectivity index (χ0) is 17.5. The van der Waals surface area contributed by atoms with Gasteiger partial charge in [0.2, 0.25) is 5.91 Å². The van der Waals surface area contributed by atoms with Crippen LogP contribution in [0.1, 0.15) is 36.6 Å². The van der Waals surface area contributed by atoms with Crippen molar-refractivity contribution in [3.05, 3.63) is 22.4 Å². The molecule has 1 atom stereocenters. The molecule has 0 spiro atoms. The minimum Gasteiger partial charge on any atom is -0.355 e. The molecule has 0 radical (unpaired) electrons. The van der Waals surface area contributed by atoms with E-state index >= 15 is 0 Å². The van der Waals surface area contributed by atoms with Crippen LogP contribution in [0.25, 0.3) is 0 Å². The summed E-state index contributed by atoms with van der Waals surface area (Å²) in [7, 11) is 1.79. The van der Waals surface area contributed by atoms with Gasteiger partial charge in [0.05, 0.1) is 6.04 Å². The molecule has 1 saturated carbocycles. The van der Waals surface area contributed by atoms with Gasteiger partial charge in [0.25, 0.3) is 0 Å². The molecule has 7 heteroatoms. The van der Waals surface area contributed by atoms with Crippen molar-refractivity contribution in [3.63, 3.8) is 0 Å². The van der Waals surface area contributed by atoms with Crippen molar-refractivity contribution in [2.45, 2.75) is 31.7 Å². The normalized spacial score (nSPS) is 19.6. The molecule has 1 saturated heterocycles. The fourth-order valence-corrected chi connectivity index (χ4v) is 4.08. The highest BCUT2D eigenvalue weighted by Gasteiger charge is 2.29. The number of carbonyl (C=O) groups is 1. The van der Waals surface area contributed by atoms with Gasteiger partial charge < -0.3 is 16.0 Å². The molecule has 3 rings (SSSR count). The number of hydrogen-bond donors (Lipinski definition) is 3. The Balaban J connectivity index is 1.42. The topological polar surface area (TPSA) is 68.8 Å². The van der Waals surface area contributed by atoms with E-state index in [4.69, 9.17) is 0 Å². The maximum Gasteiger partial charge on any atom is 0.223 e. The Morgan fingerprint density at radius 3 is 2.68 bits per heavy atom. The van der Waals surface area contributed by atoms with Crippen LogP contribution in [0.2, 0.25) is 0 Å². The highest BCUT2D eigenvalue weighted by molar-refractivity contribution is 7.10. The van der Waals surface area contributed by atoms with E-state index in [1.807, 2.05) is 11.3 Å². The number of hydrogen-bond acceptors (Lipinski definition) is 4. The smallest absolute Gasteiger partial charge is 0.223 e. The first-order valence-corrected chi connectivity index (χ1v) is 10.2. The fraction of sp³-hybridized carbons (Fsp3) is 0.667. The molecule has 25 heavy (non-hydrogen) atoms. The highest BCUT2D eigenvalue weighted by Crippen LogP contribution is 2.28. The Hall–Kier alpha value is -1.60. The maximum atomic E-state index is 11.6. The summed E-state index contributed by atoms with van der Waals surface area (Å²) in [5.74, 6) is 1.25. The molecular weight excluding hydrogens is 334 g/mol. The number of likely N-dealkylation sites (tertiary alicyclic amines) is 1. The number of thiophene rings is 1. The monoisotopic (exact) mass is 363 g/mol. The molecule has 6 nitrogen and oxygen atoms in total. The predicted molar refractivity (Wildman–Crippen MR) is 103 cm³/mol. The predicted octanol–water partition coefficient (Wildman–Crippen LogP) is 1.58. The number of aliphatic imine (C=N–C) groups is 1. The summed E-state index contributed by atoms with van der Waals surface area (Å²) in [6.45, 7) is 4.50. The molecule has 1 aliphatic carbocycles. The average molecular weight is 364 g/mol. The Morgan fingerprint density at radius 2 is 2.04 bits per heavy atom. The van der Waals surface area contributed by atoms with Crippen LogP contribution >= 0.6 is 11.3 Å². The zero-order valence-electron chi connectivity index (χ0n) is 15.0. The van der Waals surface area contributed by atoms with E-state index in [0.29, 0.717) is 19.1 Å². The van der Waals surface area contributed by atoms with Gasteiger partial charge >= 0.3 is 0 Å². The molecule has 0 bridgehead atoms. The summed E-state index contributed by atoms with van der Waals surface area (Å²) in [6, 6.07) is 4.74. The highest BCUT2D eigenvalue weighted by atomic mass is 32.1. The van der Waals surface area contributed by atoms with Gasteiger partial charge in [-0.25, -0.2) is 0 Å². The lowest BCUT2D eigenvalue weighted by atomic mass is 10.2. The third kappa shape index (κ3) is 5.44. The second kappa shape index (κ2) is 9.20. The molecule has 1 amide bonds. The van der Waals surface area contributed by atoms with Crippen LogP contribution in [0.15, 0.2) is 22.5 Å². The molecule has 1 aromatic heterocycles. The van der Waals surface area contributed by atoms with Crippen molar-refractivity contribution in [1.82, 2.24) is 20.9 Å². The van der Waals surface area contributed by atoms with Crippen LogP contribution in [0.5, 0.6) is 0 Å². The number of guanidine groups is 1. The summed E-state index contributed by atoms with van der Waals surface area (Å²) in [4.78, 5) is 19.9. The number of rotatable bonds is 8. The SMILES string of the molecule is CN=C(NCCNC(=O)C1CC1)NCC(c1cccs1)N1CCCC1. The second-order valence-electron chi connectivity index (χ2n) is 6.72. The van der Waals surface area contributed by atoms with E-state index in [1.165, 1.54) is 30.8 Å². The van der Waals surface area contributed by atoms with Crippen LogP contribution in [-0.2, 0) is 4.79 Å². The molecule has 0 aromatic carbocycles. The van der Waals surface area contributed by atoms with Crippen LogP contribution in [0.3, 0.4) is 0 Å². The lowest BCUT2D eigenvalue weighted by Gasteiger charge is -2.27. The van der Waals surface area contributed by atoms with Gasteiger partial charge in [0.1, 0.15) is 0 Å². The number of amides is 1. The van der Waals surface area contributed by atoms with Gasteiger partial charge in [-0.1, -0.05) is 6.07 Å². The van der Waals surface area contributed by atoms with Crippen LogP contribution < -0.4 is 16.0 Å². The Bertz CT molecular complexity index is 564. The summed E-state index contributed by atoms with van der Waals surface area (Å²) in [5, 5.41) is 11.8. The number of nitrogens with zero attached hydrogens (tertiary/aromatic N) is 2. The van der Waals surface area contributed by atoms with Crippen molar-refractivity contribution < 1.29 is 4.79 Å². The zero-order valence-corrected chi connectivity index (χ0v) is 15.8. The molecule has 1 aromatic rings. The molecule has 1 unspecified atom stereocenters. The molecule has 2 heterocycles. The lowest BCUT2D eigenvalue weighted by Crippen LogP contribution is -2.44. The molecular formula is C18H29N5OS. The largest absolute Gasteiger partial charge is 0.355 e. The number of nitrogens with one attached hydrogen (secondary N) is 3. The van der Waals surface area contributed by atoms with Crippen molar-refractivity contribution in [3.8, 4) is 0 Å². The Kier molecular flexibility index (Phi) is 6.69. The average Bonchev–Trinajstić information content (AvgIpc) is 3.10. The molecule has 138 valence electrons. The van der Waals surface area contributed by atoms with Crippen LogP contribution in [0.4, 0.5) is 0 Å². The summed E-state index contributed by atoms with van der Waals surface area (Å²) in [6.07, 6.45) is 4.66. The first-order chi connectivity index (χ1) is 12.3. The van der Waals surface area contributed by atoms with E-state index in [-0.39, 0.29) is 11.8 Å². The fourth-order valence-electron chi connectivity index (χ4n) is 3.21. The van der Waals surface area contributed by atoms with E-state index in [0.717, 1.165) is 25.3 Å². The van der Waals surface area contributed by atoms with E-state index in [2.05, 4.69) is 43.4 Å². The molecule has 3 N–H and O–H groups in total. The maximum absolute atomic E-state index is 11.6. The van der Waals surface area contributed by atoms with E-state index in [9.17, 15) is 4.79 Å². The van der Waals surface area contributed by atoms with Gasteiger partial charge in [-0.2, -0.15) is 0 Å². The third-order valence-electron chi connectivity index (χ3n) is 4.80. The van der Waals surface area contributed by atoms with Gasteiger partial charge in [0, 0.05) is 37.5 Å². The van der Waals surface area contributed by atoms with Gasteiger partial charge in [0.15, 0.2) is 5.96 Å². The Labute approximate surface area is 154 Å². The van der Waals surface area contributed by atoms with Crippen molar-refractivity contribution in [2.24, 2.45) is 10.9 Å². The van der Waals surface area contributed by atoms with Gasteiger partial charge in [-0.05, 0) is 50.2 Å². The first-order valence-electron chi connectivity index (χ1n) is 9.27. The van der Waals surface area contributed by atoms with E-state index < -0.39 is 0 Å². The molecule has 2 aliphatic rings. The van der Waals surface area contributed by atoms with Crippen molar-refractivity contribution in [1.29, 1.82) is 0 Å².